The van der Waals surface area contributed by atoms with Crippen molar-refractivity contribution in [2.24, 2.45) is 0 Å². The summed E-state index contributed by atoms with van der Waals surface area (Å²) in [6, 6.07) is 5.49. The molecule has 0 fully saturated rings. The minimum absolute atomic E-state index is 0.195. The van der Waals surface area contributed by atoms with Crippen LogP contribution in [0.15, 0.2) is 36.8 Å². The average Bonchev–Trinajstić information content (AvgIpc) is 3.01. The number of nitrogens with one attached hydrogen (secondary N) is 2. The lowest BCUT2D eigenvalue weighted by Gasteiger charge is -2.17. The fourth-order valence-corrected chi connectivity index (χ4v) is 2.56. The molecule has 4 rings (SSSR count). The first-order chi connectivity index (χ1) is 11.7. The van der Waals surface area contributed by atoms with Crippen molar-refractivity contribution in [3.8, 4) is 5.75 Å². The molecule has 2 N–H and O–H groups in total. The van der Waals surface area contributed by atoms with Crippen molar-refractivity contribution in [3.05, 3.63) is 48.0 Å². The monoisotopic (exact) mass is 324 g/mol. The van der Waals surface area contributed by atoms with Gasteiger partial charge in [-0.3, -0.25) is 9.78 Å². The molecule has 0 aromatic carbocycles. The zero-order valence-corrected chi connectivity index (χ0v) is 13.1. The third-order valence-corrected chi connectivity index (χ3v) is 3.78. The molecule has 0 spiro atoms. The largest absolute Gasteiger partial charge is 0.487 e. The molecule has 1 amide bonds. The molecule has 0 saturated carbocycles. The number of anilines is 1. The summed E-state index contributed by atoms with van der Waals surface area (Å²) in [5.41, 5.74) is 1.72. The minimum Gasteiger partial charge on any atom is -0.487 e. The lowest BCUT2D eigenvalue weighted by Crippen LogP contribution is -2.33. The number of amides is 1. The summed E-state index contributed by atoms with van der Waals surface area (Å²) in [6.45, 7) is 2.74. The molecule has 2 bridgehead atoms. The maximum atomic E-state index is 12.4. The number of fused-ring (bicyclic) bond motifs is 2. The second kappa shape index (κ2) is 5.80. The molecular formula is C16H16N6O2. The summed E-state index contributed by atoms with van der Waals surface area (Å²) in [5, 5.41) is 10.2. The van der Waals surface area contributed by atoms with Crippen LogP contribution in [0.2, 0.25) is 0 Å². The van der Waals surface area contributed by atoms with Crippen molar-refractivity contribution in [3.63, 3.8) is 0 Å². The average molecular weight is 324 g/mol. The standard InChI is InChI=1S/C16H16N6O2/c1-10-7-19-16(23)11-8-20-22-6-4-14(21-15(11)22)18-9-12-13(24-10)3-2-5-17-12/h2-6,8,10H,7,9H2,1H3,(H,18,21)(H,19,23). The summed E-state index contributed by atoms with van der Waals surface area (Å²) in [5.74, 6) is 1.10. The first-order valence-corrected chi connectivity index (χ1v) is 7.68. The van der Waals surface area contributed by atoms with E-state index in [1.807, 2.05) is 19.1 Å². The van der Waals surface area contributed by atoms with Crippen LogP contribution in [-0.4, -0.2) is 38.1 Å². The third kappa shape index (κ3) is 2.62. The molecular weight excluding hydrogens is 308 g/mol. The SMILES string of the molecule is CC1CNC(=O)c2cnn3ccc(nc23)NCc2ncccc2O1. The third-order valence-electron chi connectivity index (χ3n) is 3.78. The van der Waals surface area contributed by atoms with Crippen molar-refractivity contribution in [1.29, 1.82) is 0 Å². The van der Waals surface area contributed by atoms with Crippen LogP contribution < -0.4 is 15.4 Å². The molecule has 1 atom stereocenters. The van der Waals surface area contributed by atoms with Crippen molar-refractivity contribution >= 4 is 17.4 Å². The van der Waals surface area contributed by atoms with Gasteiger partial charge in [-0.25, -0.2) is 9.50 Å². The van der Waals surface area contributed by atoms with Gasteiger partial charge in [0.2, 0.25) is 0 Å². The Bertz CT molecular complexity index is 906. The molecule has 24 heavy (non-hydrogen) atoms. The maximum absolute atomic E-state index is 12.4. The molecule has 3 aromatic rings. The van der Waals surface area contributed by atoms with E-state index in [1.165, 1.54) is 6.20 Å². The highest BCUT2D eigenvalue weighted by Crippen LogP contribution is 2.19. The van der Waals surface area contributed by atoms with E-state index in [4.69, 9.17) is 4.74 Å². The van der Waals surface area contributed by atoms with Gasteiger partial charge in [0, 0.05) is 12.4 Å². The van der Waals surface area contributed by atoms with Gasteiger partial charge in [-0.1, -0.05) is 0 Å². The van der Waals surface area contributed by atoms with E-state index in [0.29, 0.717) is 35.9 Å². The van der Waals surface area contributed by atoms with Crippen molar-refractivity contribution in [1.82, 2.24) is 24.9 Å². The highest BCUT2D eigenvalue weighted by Gasteiger charge is 2.17. The highest BCUT2D eigenvalue weighted by atomic mass is 16.5. The van der Waals surface area contributed by atoms with Crippen LogP contribution in [0.4, 0.5) is 5.82 Å². The van der Waals surface area contributed by atoms with Gasteiger partial charge >= 0.3 is 0 Å². The summed E-state index contributed by atoms with van der Waals surface area (Å²) >= 11 is 0. The van der Waals surface area contributed by atoms with Crippen molar-refractivity contribution < 1.29 is 9.53 Å². The van der Waals surface area contributed by atoms with E-state index in [9.17, 15) is 4.79 Å². The predicted molar refractivity (Wildman–Crippen MR) is 87.0 cm³/mol. The Morgan fingerprint density at radius 1 is 1.33 bits per heavy atom. The van der Waals surface area contributed by atoms with Crippen LogP contribution in [0.25, 0.3) is 5.65 Å². The van der Waals surface area contributed by atoms with Gasteiger partial charge in [-0.2, -0.15) is 5.10 Å². The Morgan fingerprint density at radius 2 is 2.25 bits per heavy atom. The molecule has 1 unspecified atom stereocenters. The quantitative estimate of drug-likeness (QED) is 0.646. The van der Waals surface area contributed by atoms with E-state index in [0.717, 1.165) is 5.69 Å². The maximum Gasteiger partial charge on any atom is 0.256 e. The Morgan fingerprint density at radius 3 is 3.17 bits per heavy atom. The molecule has 0 saturated heterocycles. The van der Waals surface area contributed by atoms with Gasteiger partial charge in [0.1, 0.15) is 28.9 Å². The zero-order chi connectivity index (χ0) is 16.5. The lowest BCUT2D eigenvalue weighted by molar-refractivity contribution is 0.0933. The molecule has 3 aromatic heterocycles. The van der Waals surface area contributed by atoms with E-state index in [1.54, 1.807) is 23.0 Å². The summed E-state index contributed by atoms with van der Waals surface area (Å²) in [6.07, 6.45) is 4.81. The molecule has 8 heteroatoms. The first kappa shape index (κ1) is 14.4. The minimum atomic E-state index is -0.226. The normalized spacial score (nSPS) is 17.7. The van der Waals surface area contributed by atoms with Crippen LogP contribution in [0, 0.1) is 0 Å². The number of carbonyl (C=O) groups excluding carboxylic acids is 1. The zero-order valence-electron chi connectivity index (χ0n) is 13.1. The summed E-state index contributed by atoms with van der Waals surface area (Å²) in [7, 11) is 0. The molecule has 8 nitrogen and oxygen atoms in total. The number of nitrogens with zero attached hydrogens (tertiary/aromatic N) is 4. The molecule has 122 valence electrons. The lowest BCUT2D eigenvalue weighted by atomic mass is 10.3. The predicted octanol–water partition coefficient (Wildman–Crippen LogP) is 1.25. The van der Waals surface area contributed by atoms with Crippen LogP contribution in [0.5, 0.6) is 5.75 Å². The van der Waals surface area contributed by atoms with Gasteiger partial charge in [0.05, 0.1) is 19.3 Å². The molecule has 1 aliphatic heterocycles. The second-order valence-corrected chi connectivity index (χ2v) is 5.58. The van der Waals surface area contributed by atoms with Gasteiger partial charge in [0.25, 0.3) is 5.91 Å². The molecule has 0 aliphatic carbocycles. The Balaban J connectivity index is 1.76. The highest BCUT2D eigenvalue weighted by molar-refractivity contribution is 5.99. The first-order valence-electron chi connectivity index (χ1n) is 7.68. The van der Waals surface area contributed by atoms with Gasteiger partial charge in [0.15, 0.2) is 5.65 Å². The number of rotatable bonds is 0. The number of pyridine rings is 1. The van der Waals surface area contributed by atoms with E-state index in [2.05, 4.69) is 25.7 Å². The number of aromatic nitrogens is 4. The second-order valence-electron chi connectivity index (χ2n) is 5.58. The van der Waals surface area contributed by atoms with E-state index < -0.39 is 0 Å². The molecule has 4 heterocycles. The van der Waals surface area contributed by atoms with E-state index in [-0.39, 0.29) is 12.0 Å². The van der Waals surface area contributed by atoms with Crippen molar-refractivity contribution in [2.75, 3.05) is 11.9 Å². The van der Waals surface area contributed by atoms with Crippen LogP contribution in [0.1, 0.15) is 23.0 Å². The van der Waals surface area contributed by atoms with Crippen LogP contribution in [-0.2, 0) is 6.54 Å². The van der Waals surface area contributed by atoms with Crippen LogP contribution in [0.3, 0.4) is 0 Å². The fourth-order valence-electron chi connectivity index (χ4n) is 2.56. The van der Waals surface area contributed by atoms with Gasteiger partial charge in [-0.05, 0) is 25.1 Å². The Kier molecular flexibility index (Phi) is 3.49. The summed E-state index contributed by atoms with van der Waals surface area (Å²) in [4.78, 5) is 21.2. The Labute approximate surface area is 137 Å². The fraction of sp³-hybridized carbons (Fsp3) is 0.250. The van der Waals surface area contributed by atoms with Crippen molar-refractivity contribution in [2.45, 2.75) is 19.6 Å². The summed E-state index contributed by atoms with van der Waals surface area (Å²) < 4.78 is 7.49. The number of hydrogen-bond donors (Lipinski definition) is 2. The van der Waals surface area contributed by atoms with Gasteiger partial charge in [-0.15, -0.1) is 0 Å². The topological polar surface area (TPSA) is 93.4 Å². The Hall–Kier alpha value is -3.16. The molecule has 1 aliphatic rings. The smallest absolute Gasteiger partial charge is 0.256 e. The number of ether oxygens (including phenoxy) is 1. The number of hydrogen-bond acceptors (Lipinski definition) is 6. The molecule has 0 radical (unpaired) electrons. The van der Waals surface area contributed by atoms with Crippen LogP contribution >= 0.6 is 0 Å². The van der Waals surface area contributed by atoms with Gasteiger partial charge < -0.3 is 15.4 Å². The number of carbonyl (C=O) groups is 1. The van der Waals surface area contributed by atoms with E-state index >= 15 is 0 Å².